The Morgan fingerprint density at radius 1 is 1.29 bits per heavy atom. The SMILES string of the molecule is O=C(Nc1nc2c(s1)CCCC2C(=O)O)c1ccccc1. The molecule has 1 atom stereocenters. The molecule has 2 N–H and O–H groups in total. The Morgan fingerprint density at radius 2 is 2.05 bits per heavy atom. The number of aliphatic carboxylic acids is 1. The van der Waals surface area contributed by atoms with E-state index in [2.05, 4.69) is 10.3 Å². The number of carboxylic acid groups (broad SMARTS) is 1. The number of fused-ring (bicyclic) bond motifs is 1. The van der Waals surface area contributed by atoms with Gasteiger partial charge in [-0.15, -0.1) is 11.3 Å². The van der Waals surface area contributed by atoms with Crippen LogP contribution in [0.5, 0.6) is 0 Å². The Bertz CT molecular complexity index is 681. The molecule has 5 nitrogen and oxygen atoms in total. The fraction of sp³-hybridized carbons (Fsp3) is 0.267. The van der Waals surface area contributed by atoms with Crippen LogP contribution in [0.1, 0.15) is 39.7 Å². The number of aromatic nitrogens is 1. The van der Waals surface area contributed by atoms with E-state index in [1.807, 2.05) is 6.07 Å². The maximum absolute atomic E-state index is 12.1. The van der Waals surface area contributed by atoms with Gasteiger partial charge in [-0.1, -0.05) is 18.2 Å². The van der Waals surface area contributed by atoms with Crippen LogP contribution < -0.4 is 5.32 Å². The molecule has 1 aromatic carbocycles. The molecule has 0 spiro atoms. The Kier molecular flexibility index (Phi) is 3.70. The van der Waals surface area contributed by atoms with Crippen molar-refractivity contribution in [3.8, 4) is 0 Å². The van der Waals surface area contributed by atoms with Gasteiger partial charge in [-0.2, -0.15) is 0 Å². The lowest BCUT2D eigenvalue weighted by molar-refractivity contribution is -0.139. The molecule has 6 heteroatoms. The van der Waals surface area contributed by atoms with Gasteiger partial charge in [0.1, 0.15) is 5.92 Å². The fourth-order valence-electron chi connectivity index (χ4n) is 2.47. The van der Waals surface area contributed by atoms with Crippen molar-refractivity contribution in [2.75, 3.05) is 5.32 Å². The Balaban J connectivity index is 1.82. The number of benzene rings is 1. The second kappa shape index (κ2) is 5.65. The maximum atomic E-state index is 12.1. The van der Waals surface area contributed by atoms with Gasteiger partial charge >= 0.3 is 5.97 Å². The van der Waals surface area contributed by atoms with Crippen molar-refractivity contribution in [1.82, 2.24) is 4.98 Å². The van der Waals surface area contributed by atoms with Crippen molar-refractivity contribution in [2.24, 2.45) is 0 Å². The van der Waals surface area contributed by atoms with Crippen LogP contribution in [0.25, 0.3) is 0 Å². The fourth-order valence-corrected chi connectivity index (χ4v) is 3.53. The van der Waals surface area contributed by atoms with Gasteiger partial charge in [-0.05, 0) is 31.4 Å². The predicted molar refractivity (Wildman–Crippen MR) is 79.8 cm³/mol. The number of hydrogen-bond acceptors (Lipinski definition) is 4. The normalized spacial score (nSPS) is 17.0. The van der Waals surface area contributed by atoms with E-state index in [0.29, 0.717) is 22.8 Å². The standard InChI is InChI=1S/C15H14N2O3S/c18-13(9-5-2-1-3-6-9)17-15-16-12-10(14(19)20)7-4-8-11(12)21-15/h1-3,5-6,10H,4,7-8H2,(H,19,20)(H,16,17,18). The number of nitrogens with one attached hydrogen (secondary N) is 1. The minimum Gasteiger partial charge on any atom is -0.481 e. The molecule has 1 heterocycles. The molecule has 0 saturated carbocycles. The Hall–Kier alpha value is -2.21. The predicted octanol–water partition coefficient (Wildman–Crippen LogP) is 2.90. The summed E-state index contributed by atoms with van der Waals surface area (Å²) < 4.78 is 0. The van der Waals surface area contributed by atoms with Gasteiger partial charge in [0.2, 0.25) is 0 Å². The highest BCUT2D eigenvalue weighted by atomic mass is 32.1. The van der Waals surface area contributed by atoms with E-state index < -0.39 is 11.9 Å². The van der Waals surface area contributed by atoms with Crippen molar-refractivity contribution >= 4 is 28.3 Å². The molecule has 0 aliphatic heterocycles. The highest BCUT2D eigenvalue weighted by Crippen LogP contribution is 2.36. The van der Waals surface area contributed by atoms with Crippen LogP contribution in [0.4, 0.5) is 5.13 Å². The monoisotopic (exact) mass is 302 g/mol. The first-order chi connectivity index (χ1) is 10.1. The van der Waals surface area contributed by atoms with Gasteiger partial charge in [-0.25, -0.2) is 4.98 Å². The molecular weight excluding hydrogens is 288 g/mol. The molecule has 1 unspecified atom stereocenters. The minimum absolute atomic E-state index is 0.228. The lowest BCUT2D eigenvalue weighted by Crippen LogP contribution is -2.17. The molecule has 0 fully saturated rings. The number of thiazole rings is 1. The molecule has 0 saturated heterocycles. The van der Waals surface area contributed by atoms with Crippen LogP contribution in [0.2, 0.25) is 0 Å². The maximum Gasteiger partial charge on any atom is 0.312 e. The second-order valence-electron chi connectivity index (χ2n) is 4.93. The summed E-state index contributed by atoms with van der Waals surface area (Å²) in [6.07, 6.45) is 2.29. The van der Waals surface area contributed by atoms with Crippen molar-refractivity contribution < 1.29 is 14.7 Å². The largest absolute Gasteiger partial charge is 0.481 e. The summed E-state index contributed by atoms with van der Waals surface area (Å²) >= 11 is 1.37. The average molecular weight is 302 g/mol. The summed E-state index contributed by atoms with van der Waals surface area (Å²) in [5.41, 5.74) is 1.17. The number of amides is 1. The zero-order valence-electron chi connectivity index (χ0n) is 11.2. The molecule has 1 aromatic heterocycles. The van der Waals surface area contributed by atoms with Crippen LogP contribution in [0, 0.1) is 0 Å². The van der Waals surface area contributed by atoms with E-state index in [1.54, 1.807) is 24.3 Å². The van der Waals surface area contributed by atoms with E-state index >= 15 is 0 Å². The van der Waals surface area contributed by atoms with Gasteiger partial charge in [0.15, 0.2) is 5.13 Å². The first-order valence-corrected chi connectivity index (χ1v) is 7.55. The number of anilines is 1. The number of carboxylic acids is 1. The third-order valence-electron chi connectivity index (χ3n) is 3.51. The summed E-state index contributed by atoms with van der Waals surface area (Å²) in [5, 5.41) is 12.5. The van der Waals surface area contributed by atoms with Gasteiger partial charge in [0.05, 0.1) is 5.69 Å². The van der Waals surface area contributed by atoms with Crippen molar-refractivity contribution in [3.05, 3.63) is 46.5 Å². The lowest BCUT2D eigenvalue weighted by atomic mass is 9.91. The van der Waals surface area contributed by atoms with Crippen LogP contribution in [-0.4, -0.2) is 22.0 Å². The summed E-state index contributed by atoms with van der Waals surface area (Å²) in [7, 11) is 0. The van der Waals surface area contributed by atoms with E-state index in [-0.39, 0.29) is 5.91 Å². The van der Waals surface area contributed by atoms with Crippen molar-refractivity contribution in [1.29, 1.82) is 0 Å². The highest BCUT2D eigenvalue weighted by molar-refractivity contribution is 7.15. The van der Waals surface area contributed by atoms with Gasteiger partial charge in [0.25, 0.3) is 5.91 Å². The number of carbonyl (C=O) groups is 2. The van der Waals surface area contributed by atoms with E-state index in [1.165, 1.54) is 11.3 Å². The van der Waals surface area contributed by atoms with E-state index in [9.17, 15) is 14.7 Å². The third kappa shape index (κ3) is 2.80. The first-order valence-electron chi connectivity index (χ1n) is 6.74. The van der Waals surface area contributed by atoms with Crippen molar-refractivity contribution in [2.45, 2.75) is 25.2 Å². The molecule has 3 rings (SSSR count). The molecule has 2 aromatic rings. The number of rotatable bonds is 3. The van der Waals surface area contributed by atoms with Gasteiger partial charge < -0.3 is 5.11 Å². The summed E-state index contributed by atoms with van der Waals surface area (Å²) in [6.45, 7) is 0. The molecule has 21 heavy (non-hydrogen) atoms. The van der Waals surface area contributed by atoms with Crippen LogP contribution in [-0.2, 0) is 11.2 Å². The van der Waals surface area contributed by atoms with Crippen molar-refractivity contribution in [3.63, 3.8) is 0 Å². The van der Waals surface area contributed by atoms with Crippen LogP contribution in [0.15, 0.2) is 30.3 Å². The topological polar surface area (TPSA) is 79.3 Å². The quantitative estimate of drug-likeness (QED) is 0.913. The minimum atomic E-state index is -0.845. The molecule has 108 valence electrons. The van der Waals surface area contributed by atoms with Gasteiger partial charge in [0, 0.05) is 10.4 Å². The lowest BCUT2D eigenvalue weighted by Gasteiger charge is -2.16. The molecule has 0 radical (unpaired) electrons. The smallest absolute Gasteiger partial charge is 0.312 e. The van der Waals surface area contributed by atoms with E-state index in [0.717, 1.165) is 17.7 Å². The van der Waals surface area contributed by atoms with Crippen LogP contribution in [0.3, 0.4) is 0 Å². The Labute approximate surface area is 125 Å². The van der Waals surface area contributed by atoms with Crippen LogP contribution >= 0.6 is 11.3 Å². The zero-order valence-corrected chi connectivity index (χ0v) is 12.0. The highest BCUT2D eigenvalue weighted by Gasteiger charge is 2.30. The molecule has 1 amide bonds. The third-order valence-corrected chi connectivity index (χ3v) is 4.56. The molecule has 0 bridgehead atoms. The number of hydrogen-bond donors (Lipinski definition) is 2. The zero-order chi connectivity index (χ0) is 14.8. The summed E-state index contributed by atoms with van der Waals surface area (Å²) in [6, 6.07) is 8.88. The van der Waals surface area contributed by atoms with Gasteiger partial charge in [-0.3, -0.25) is 14.9 Å². The number of carbonyl (C=O) groups excluding carboxylic acids is 1. The summed E-state index contributed by atoms with van der Waals surface area (Å²) in [5.74, 6) is -1.62. The van der Waals surface area contributed by atoms with E-state index in [4.69, 9.17) is 0 Å². The average Bonchev–Trinajstić information content (AvgIpc) is 2.89. The number of nitrogens with zero attached hydrogens (tertiary/aromatic N) is 1. The Morgan fingerprint density at radius 3 is 2.76 bits per heavy atom. The summed E-state index contributed by atoms with van der Waals surface area (Å²) in [4.78, 5) is 28.6. The molecule has 1 aliphatic rings. The second-order valence-corrected chi connectivity index (χ2v) is 6.01. The molecule has 1 aliphatic carbocycles. The first kappa shape index (κ1) is 13.8. The number of aryl methyl sites for hydroxylation is 1. The molecular formula is C15H14N2O3S.